The highest BCUT2D eigenvalue weighted by Gasteiger charge is 2.26. The maximum atomic E-state index is 13.0. The van der Waals surface area contributed by atoms with Crippen molar-refractivity contribution in [1.82, 2.24) is 0 Å². The number of likely N-dealkylation sites (N-methyl/N-ethyl adjacent to an activating group) is 1. The largest absolute Gasteiger partial charge is 0.481 e. The highest BCUT2D eigenvalue weighted by molar-refractivity contribution is 5.83. The second-order valence-corrected chi connectivity index (χ2v) is 3.66. The number of hydrogen-bond acceptors (Lipinski definition) is 3. The molecule has 0 saturated carbocycles. The van der Waals surface area contributed by atoms with E-state index in [0.717, 1.165) is 17.0 Å². The van der Waals surface area contributed by atoms with Crippen molar-refractivity contribution in [2.45, 2.75) is 12.5 Å². The summed E-state index contributed by atoms with van der Waals surface area (Å²) in [6.45, 7) is 0. The minimum Gasteiger partial charge on any atom is -0.481 e. The van der Waals surface area contributed by atoms with Crippen LogP contribution in [0.5, 0.6) is 0 Å². The number of carboxylic acid groups (broad SMARTS) is 2. The number of benzene rings is 1. The lowest BCUT2D eigenvalue weighted by molar-refractivity contribution is -0.145. The van der Waals surface area contributed by atoms with Crippen molar-refractivity contribution in [3.63, 3.8) is 0 Å². The minimum atomic E-state index is -1.36. The predicted octanol–water partition coefficient (Wildman–Crippen LogP) is 1.33. The van der Waals surface area contributed by atoms with Gasteiger partial charge in [0.05, 0.1) is 6.42 Å². The Morgan fingerprint density at radius 2 is 1.89 bits per heavy atom. The van der Waals surface area contributed by atoms with Crippen molar-refractivity contribution in [2.75, 3.05) is 11.9 Å². The first kappa shape index (κ1) is 13.9. The van der Waals surface area contributed by atoms with Crippen LogP contribution in [0.3, 0.4) is 0 Å². The predicted molar refractivity (Wildman–Crippen MR) is 58.4 cm³/mol. The van der Waals surface area contributed by atoms with Crippen LogP contribution in [0.1, 0.15) is 6.42 Å². The first-order chi connectivity index (χ1) is 8.32. The Morgan fingerprint density at radius 1 is 1.28 bits per heavy atom. The molecule has 0 saturated heterocycles. The van der Waals surface area contributed by atoms with Crippen LogP contribution in [0, 0.1) is 11.6 Å². The second-order valence-electron chi connectivity index (χ2n) is 3.66. The van der Waals surface area contributed by atoms with Crippen molar-refractivity contribution in [2.24, 2.45) is 0 Å². The summed E-state index contributed by atoms with van der Waals surface area (Å²) in [6, 6.07) is 1.48. The van der Waals surface area contributed by atoms with Crippen molar-refractivity contribution in [1.29, 1.82) is 0 Å². The molecular formula is C11H11F2NO4. The molecule has 0 amide bonds. The summed E-state index contributed by atoms with van der Waals surface area (Å²) in [7, 11) is 1.30. The van der Waals surface area contributed by atoms with Crippen LogP contribution in [-0.4, -0.2) is 35.2 Å². The molecule has 1 unspecified atom stereocenters. The van der Waals surface area contributed by atoms with Gasteiger partial charge in [-0.05, 0) is 12.1 Å². The smallest absolute Gasteiger partial charge is 0.326 e. The van der Waals surface area contributed by atoms with Gasteiger partial charge in [-0.3, -0.25) is 4.79 Å². The molecule has 98 valence electrons. The normalized spacial score (nSPS) is 11.9. The van der Waals surface area contributed by atoms with Crippen molar-refractivity contribution >= 4 is 17.6 Å². The molecular weight excluding hydrogens is 248 g/mol. The molecule has 0 bridgehead atoms. The number of anilines is 1. The van der Waals surface area contributed by atoms with Gasteiger partial charge in [-0.25, -0.2) is 13.6 Å². The maximum Gasteiger partial charge on any atom is 0.326 e. The fourth-order valence-electron chi connectivity index (χ4n) is 1.44. The Kier molecular flexibility index (Phi) is 4.19. The Hall–Kier alpha value is -2.18. The maximum absolute atomic E-state index is 13.0. The molecule has 0 aliphatic heterocycles. The molecule has 0 radical (unpaired) electrons. The topological polar surface area (TPSA) is 77.8 Å². The zero-order chi connectivity index (χ0) is 13.9. The Bertz CT molecular complexity index is 478. The van der Waals surface area contributed by atoms with E-state index < -0.39 is 36.0 Å². The van der Waals surface area contributed by atoms with Gasteiger partial charge in [0.15, 0.2) is 11.6 Å². The van der Waals surface area contributed by atoms with Gasteiger partial charge < -0.3 is 15.1 Å². The third-order valence-electron chi connectivity index (χ3n) is 2.43. The third kappa shape index (κ3) is 3.16. The number of carbonyl (C=O) groups is 2. The second kappa shape index (κ2) is 5.44. The molecule has 0 aromatic heterocycles. The standard InChI is InChI=1S/C11H11F2NO4/c1-14(9(11(17)18)5-10(15)16)6-2-3-7(12)8(13)4-6/h2-4,9H,5H2,1H3,(H,15,16)(H,17,18). The fourth-order valence-corrected chi connectivity index (χ4v) is 1.44. The van der Waals surface area contributed by atoms with E-state index in [0.29, 0.717) is 0 Å². The van der Waals surface area contributed by atoms with Crippen molar-refractivity contribution in [3.8, 4) is 0 Å². The van der Waals surface area contributed by atoms with Crippen LogP contribution in [0.4, 0.5) is 14.5 Å². The summed E-state index contributed by atoms with van der Waals surface area (Å²) >= 11 is 0. The lowest BCUT2D eigenvalue weighted by Crippen LogP contribution is -2.40. The molecule has 5 nitrogen and oxygen atoms in total. The quantitative estimate of drug-likeness (QED) is 0.834. The van der Waals surface area contributed by atoms with Crippen LogP contribution in [-0.2, 0) is 9.59 Å². The first-order valence-electron chi connectivity index (χ1n) is 4.95. The van der Waals surface area contributed by atoms with E-state index in [1.807, 2.05) is 0 Å². The van der Waals surface area contributed by atoms with E-state index in [-0.39, 0.29) is 5.69 Å². The lowest BCUT2D eigenvalue weighted by atomic mass is 10.1. The molecule has 1 aromatic carbocycles. The molecule has 0 heterocycles. The zero-order valence-electron chi connectivity index (χ0n) is 9.43. The highest BCUT2D eigenvalue weighted by atomic mass is 19.2. The minimum absolute atomic E-state index is 0.0857. The van der Waals surface area contributed by atoms with Crippen LogP contribution >= 0.6 is 0 Å². The molecule has 0 aliphatic carbocycles. The zero-order valence-corrected chi connectivity index (χ0v) is 9.43. The van der Waals surface area contributed by atoms with Gasteiger partial charge in [-0.1, -0.05) is 0 Å². The highest BCUT2D eigenvalue weighted by Crippen LogP contribution is 2.20. The van der Waals surface area contributed by atoms with Crippen LogP contribution < -0.4 is 4.90 Å². The molecule has 1 rings (SSSR count). The summed E-state index contributed by atoms with van der Waals surface area (Å²) < 4.78 is 25.7. The fraction of sp³-hybridized carbons (Fsp3) is 0.273. The number of halogens is 2. The van der Waals surface area contributed by atoms with Gasteiger partial charge in [0, 0.05) is 18.8 Å². The Balaban J connectivity index is 3.01. The first-order valence-corrected chi connectivity index (χ1v) is 4.95. The Labute approximate surface area is 101 Å². The third-order valence-corrected chi connectivity index (χ3v) is 2.43. The van der Waals surface area contributed by atoms with Crippen LogP contribution in [0.2, 0.25) is 0 Å². The molecule has 0 spiro atoms. The van der Waals surface area contributed by atoms with Gasteiger partial charge in [0.1, 0.15) is 6.04 Å². The number of hydrogen-bond donors (Lipinski definition) is 2. The monoisotopic (exact) mass is 259 g/mol. The summed E-state index contributed by atoms with van der Waals surface area (Å²) in [6.07, 6.45) is -0.648. The molecule has 2 N–H and O–H groups in total. The summed E-state index contributed by atoms with van der Waals surface area (Å²) in [5, 5.41) is 17.5. The molecule has 0 fully saturated rings. The van der Waals surface area contributed by atoms with E-state index in [1.165, 1.54) is 13.1 Å². The van der Waals surface area contributed by atoms with E-state index in [4.69, 9.17) is 10.2 Å². The lowest BCUT2D eigenvalue weighted by Gasteiger charge is -2.25. The van der Waals surface area contributed by atoms with Gasteiger partial charge in [0.2, 0.25) is 0 Å². The average Bonchev–Trinajstić information content (AvgIpc) is 2.28. The van der Waals surface area contributed by atoms with E-state index >= 15 is 0 Å². The van der Waals surface area contributed by atoms with E-state index in [2.05, 4.69) is 0 Å². The number of nitrogens with zero attached hydrogens (tertiary/aromatic N) is 1. The number of carboxylic acids is 2. The average molecular weight is 259 g/mol. The van der Waals surface area contributed by atoms with Gasteiger partial charge in [-0.15, -0.1) is 0 Å². The summed E-state index contributed by atoms with van der Waals surface area (Å²) in [4.78, 5) is 22.5. The SMILES string of the molecule is CN(c1ccc(F)c(F)c1)C(CC(=O)O)C(=O)O. The van der Waals surface area contributed by atoms with Crippen molar-refractivity contribution in [3.05, 3.63) is 29.8 Å². The summed E-state index contributed by atoms with van der Waals surface area (Å²) in [5.74, 6) is -4.84. The molecule has 7 heteroatoms. The van der Waals surface area contributed by atoms with E-state index in [9.17, 15) is 18.4 Å². The Morgan fingerprint density at radius 3 is 2.33 bits per heavy atom. The van der Waals surface area contributed by atoms with Crippen LogP contribution in [0.15, 0.2) is 18.2 Å². The molecule has 1 atom stereocenters. The molecule has 1 aromatic rings. The van der Waals surface area contributed by atoms with E-state index in [1.54, 1.807) is 0 Å². The van der Waals surface area contributed by atoms with Gasteiger partial charge in [-0.2, -0.15) is 0 Å². The summed E-state index contributed by atoms with van der Waals surface area (Å²) in [5.41, 5.74) is 0.0857. The van der Waals surface area contributed by atoms with Crippen molar-refractivity contribution < 1.29 is 28.6 Å². The number of aliphatic carboxylic acids is 2. The number of rotatable bonds is 5. The molecule has 18 heavy (non-hydrogen) atoms. The molecule has 0 aliphatic rings. The van der Waals surface area contributed by atoms with Crippen LogP contribution in [0.25, 0.3) is 0 Å². The van der Waals surface area contributed by atoms with Gasteiger partial charge >= 0.3 is 11.9 Å². The van der Waals surface area contributed by atoms with Gasteiger partial charge in [0.25, 0.3) is 0 Å².